The van der Waals surface area contributed by atoms with Gasteiger partial charge in [-0.15, -0.1) is 10.2 Å². The summed E-state index contributed by atoms with van der Waals surface area (Å²) in [5, 5.41) is 14.0. The Balaban J connectivity index is 1.70. The normalized spacial score (nSPS) is 14.2. The van der Waals surface area contributed by atoms with E-state index in [1.165, 1.54) is 31.3 Å². The molecule has 1 heterocycles. The second-order valence-corrected chi connectivity index (χ2v) is 5.69. The number of carbonyl (C=O) groups excluding carboxylic acids is 1. The molecule has 0 spiro atoms. The maximum Gasteiger partial charge on any atom is 0.271 e. The minimum Gasteiger partial charge on any atom is -0.385 e. The largest absolute Gasteiger partial charge is 0.385 e. The summed E-state index contributed by atoms with van der Waals surface area (Å²) >= 11 is 0. The number of allylic oxidation sites excluding steroid dienone is 1. The highest BCUT2D eigenvalue weighted by atomic mass is 16.5. The molecule has 6 heteroatoms. The highest BCUT2D eigenvalue weighted by Crippen LogP contribution is 2.19. The summed E-state index contributed by atoms with van der Waals surface area (Å²) in [7, 11) is 1.68. The molecule has 0 fully saturated rings. The molecule has 23 heavy (non-hydrogen) atoms. The summed E-state index contributed by atoms with van der Waals surface area (Å²) in [4.78, 5) is 12.0. The van der Waals surface area contributed by atoms with Crippen molar-refractivity contribution in [2.75, 3.05) is 32.1 Å². The van der Waals surface area contributed by atoms with Gasteiger partial charge in [-0.25, -0.2) is 0 Å². The van der Waals surface area contributed by atoms with Crippen LogP contribution in [0.3, 0.4) is 0 Å². The number of aromatic nitrogens is 2. The van der Waals surface area contributed by atoms with Crippen molar-refractivity contribution < 1.29 is 9.53 Å². The molecule has 0 saturated heterocycles. The predicted octanol–water partition coefficient (Wildman–Crippen LogP) is 2.55. The van der Waals surface area contributed by atoms with Crippen molar-refractivity contribution in [1.29, 1.82) is 0 Å². The van der Waals surface area contributed by atoms with Gasteiger partial charge >= 0.3 is 0 Å². The number of nitrogens with zero attached hydrogens (tertiary/aromatic N) is 2. The fraction of sp³-hybridized carbons (Fsp3) is 0.588. The third-order valence-electron chi connectivity index (χ3n) is 3.85. The van der Waals surface area contributed by atoms with Crippen LogP contribution in [0.15, 0.2) is 23.8 Å². The van der Waals surface area contributed by atoms with Crippen molar-refractivity contribution in [3.05, 3.63) is 29.5 Å². The van der Waals surface area contributed by atoms with Gasteiger partial charge in [0.15, 0.2) is 5.69 Å². The fourth-order valence-corrected chi connectivity index (χ4v) is 2.54. The van der Waals surface area contributed by atoms with Crippen LogP contribution in [0.4, 0.5) is 5.82 Å². The Bertz CT molecular complexity index is 514. The molecule has 0 aromatic carbocycles. The van der Waals surface area contributed by atoms with E-state index in [0.717, 1.165) is 19.4 Å². The fourth-order valence-electron chi connectivity index (χ4n) is 2.54. The highest BCUT2D eigenvalue weighted by molar-refractivity contribution is 5.92. The van der Waals surface area contributed by atoms with Crippen LogP contribution in [0, 0.1) is 0 Å². The number of amides is 1. The Labute approximate surface area is 137 Å². The smallest absolute Gasteiger partial charge is 0.271 e. The topological polar surface area (TPSA) is 76.1 Å². The lowest BCUT2D eigenvalue weighted by atomic mass is 9.97. The molecule has 1 aromatic heterocycles. The lowest BCUT2D eigenvalue weighted by molar-refractivity contribution is 0.0948. The maximum absolute atomic E-state index is 12.0. The van der Waals surface area contributed by atoms with Gasteiger partial charge in [0.25, 0.3) is 5.91 Å². The molecule has 126 valence electrons. The van der Waals surface area contributed by atoms with Crippen molar-refractivity contribution in [3.63, 3.8) is 0 Å². The Kier molecular flexibility index (Phi) is 7.52. The van der Waals surface area contributed by atoms with Crippen molar-refractivity contribution in [1.82, 2.24) is 15.5 Å². The van der Waals surface area contributed by atoms with Crippen molar-refractivity contribution in [2.24, 2.45) is 0 Å². The van der Waals surface area contributed by atoms with Gasteiger partial charge in [-0.1, -0.05) is 11.6 Å². The second kappa shape index (κ2) is 9.94. The van der Waals surface area contributed by atoms with Crippen LogP contribution in [0.1, 0.15) is 49.0 Å². The molecule has 0 atom stereocenters. The Morgan fingerprint density at radius 1 is 1.26 bits per heavy atom. The van der Waals surface area contributed by atoms with E-state index in [2.05, 4.69) is 26.9 Å². The van der Waals surface area contributed by atoms with E-state index in [4.69, 9.17) is 4.74 Å². The van der Waals surface area contributed by atoms with Crippen molar-refractivity contribution >= 4 is 11.7 Å². The standard InChI is InChI=1S/C17H26N4O2/c1-23-13-5-11-18-16-9-8-15(20-21-16)17(22)19-12-10-14-6-3-2-4-7-14/h6,8-9H,2-5,7,10-13H2,1H3,(H,18,21)(H,19,22). The van der Waals surface area contributed by atoms with E-state index in [0.29, 0.717) is 24.7 Å². The van der Waals surface area contributed by atoms with Crippen LogP contribution in [-0.2, 0) is 4.74 Å². The Hall–Kier alpha value is -1.95. The quantitative estimate of drug-likeness (QED) is 0.540. The first-order valence-electron chi connectivity index (χ1n) is 8.32. The van der Waals surface area contributed by atoms with E-state index in [1.54, 1.807) is 19.2 Å². The molecule has 2 rings (SSSR count). The molecule has 1 amide bonds. The van der Waals surface area contributed by atoms with E-state index in [1.807, 2.05) is 0 Å². The molecule has 0 radical (unpaired) electrons. The molecule has 1 aliphatic carbocycles. The lowest BCUT2D eigenvalue weighted by Crippen LogP contribution is -2.26. The highest BCUT2D eigenvalue weighted by Gasteiger charge is 2.09. The third-order valence-corrected chi connectivity index (χ3v) is 3.85. The van der Waals surface area contributed by atoms with Gasteiger partial charge in [0.1, 0.15) is 5.82 Å². The van der Waals surface area contributed by atoms with Gasteiger partial charge in [0.2, 0.25) is 0 Å². The first-order valence-corrected chi connectivity index (χ1v) is 8.32. The zero-order valence-electron chi connectivity index (χ0n) is 13.8. The SMILES string of the molecule is COCCCNc1ccc(C(=O)NCCC2=CCCCC2)nn1. The minimum absolute atomic E-state index is 0.167. The molecule has 0 unspecified atom stereocenters. The number of rotatable bonds is 9. The van der Waals surface area contributed by atoms with Gasteiger partial charge < -0.3 is 15.4 Å². The van der Waals surface area contributed by atoms with Gasteiger partial charge in [-0.3, -0.25) is 4.79 Å². The predicted molar refractivity (Wildman–Crippen MR) is 90.5 cm³/mol. The van der Waals surface area contributed by atoms with Crippen LogP contribution in [0.5, 0.6) is 0 Å². The monoisotopic (exact) mass is 318 g/mol. The zero-order chi connectivity index (χ0) is 16.3. The number of carbonyl (C=O) groups is 1. The average molecular weight is 318 g/mol. The molecule has 2 N–H and O–H groups in total. The first kappa shape index (κ1) is 17.4. The van der Waals surface area contributed by atoms with Crippen molar-refractivity contribution in [3.8, 4) is 0 Å². The zero-order valence-corrected chi connectivity index (χ0v) is 13.8. The van der Waals surface area contributed by atoms with Crippen LogP contribution in [-0.4, -0.2) is 42.9 Å². The molecule has 0 saturated carbocycles. The van der Waals surface area contributed by atoms with Gasteiger partial charge in [0.05, 0.1) is 0 Å². The van der Waals surface area contributed by atoms with Gasteiger partial charge in [-0.05, 0) is 50.7 Å². The number of hydrogen-bond acceptors (Lipinski definition) is 5. The third kappa shape index (κ3) is 6.36. The average Bonchev–Trinajstić information content (AvgIpc) is 2.60. The maximum atomic E-state index is 12.0. The molecule has 6 nitrogen and oxygen atoms in total. The van der Waals surface area contributed by atoms with Gasteiger partial charge in [-0.2, -0.15) is 0 Å². The number of methoxy groups -OCH3 is 1. The minimum atomic E-state index is -0.167. The summed E-state index contributed by atoms with van der Waals surface area (Å²) < 4.78 is 4.98. The summed E-state index contributed by atoms with van der Waals surface area (Å²) in [5.74, 6) is 0.504. The first-order chi connectivity index (χ1) is 11.3. The van der Waals surface area contributed by atoms with E-state index in [-0.39, 0.29) is 5.91 Å². The van der Waals surface area contributed by atoms with E-state index >= 15 is 0 Å². The lowest BCUT2D eigenvalue weighted by Gasteiger charge is -2.12. The Morgan fingerprint density at radius 2 is 2.17 bits per heavy atom. The summed E-state index contributed by atoms with van der Waals surface area (Å²) in [5.41, 5.74) is 1.81. The molecular formula is C17H26N4O2. The summed E-state index contributed by atoms with van der Waals surface area (Å²) in [6.45, 7) is 2.13. The molecule has 1 aliphatic rings. The summed E-state index contributed by atoms with van der Waals surface area (Å²) in [6, 6.07) is 3.47. The molecular weight excluding hydrogens is 292 g/mol. The summed E-state index contributed by atoms with van der Waals surface area (Å²) in [6.07, 6.45) is 9.03. The van der Waals surface area contributed by atoms with E-state index in [9.17, 15) is 4.79 Å². The van der Waals surface area contributed by atoms with Crippen LogP contribution >= 0.6 is 0 Å². The molecule has 1 aromatic rings. The van der Waals surface area contributed by atoms with Crippen LogP contribution in [0.25, 0.3) is 0 Å². The molecule has 0 aliphatic heterocycles. The number of ether oxygens (including phenoxy) is 1. The Morgan fingerprint density at radius 3 is 2.87 bits per heavy atom. The van der Waals surface area contributed by atoms with Crippen LogP contribution < -0.4 is 10.6 Å². The second-order valence-electron chi connectivity index (χ2n) is 5.69. The van der Waals surface area contributed by atoms with Gasteiger partial charge in [0, 0.05) is 26.8 Å². The number of nitrogens with one attached hydrogen (secondary N) is 2. The van der Waals surface area contributed by atoms with Crippen LogP contribution in [0.2, 0.25) is 0 Å². The number of anilines is 1. The molecule has 0 bridgehead atoms. The number of hydrogen-bond donors (Lipinski definition) is 2. The van der Waals surface area contributed by atoms with Crippen molar-refractivity contribution in [2.45, 2.75) is 38.5 Å². The van der Waals surface area contributed by atoms with E-state index < -0.39 is 0 Å².